The van der Waals surface area contributed by atoms with E-state index in [1.54, 1.807) is 0 Å². The minimum Gasteiger partial charge on any atom is -0.354 e. The number of nitrogens with zero attached hydrogens (tertiary/aromatic N) is 3. The molecule has 0 aromatic carbocycles. The van der Waals surface area contributed by atoms with Gasteiger partial charge in [-0.2, -0.15) is 4.98 Å². The van der Waals surface area contributed by atoms with Crippen molar-refractivity contribution in [3.63, 3.8) is 0 Å². The highest BCUT2D eigenvalue weighted by Gasteiger charge is 1.96. The van der Waals surface area contributed by atoms with E-state index in [1.165, 1.54) is 6.33 Å². The van der Waals surface area contributed by atoms with Crippen LogP contribution in [0.3, 0.4) is 0 Å². The van der Waals surface area contributed by atoms with Gasteiger partial charge in [-0.3, -0.25) is 0 Å². The number of aromatic nitrogens is 3. The van der Waals surface area contributed by atoms with Crippen LogP contribution in [-0.4, -0.2) is 34.6 Å². The summed E-state index contributed by atoms with van der Waals surface area (Å²) in [6.07, 6.45) is 1.46. The van der Waals surface area contributed by atoms with Gasteiger partial charge in [-0.1, -0.05) is 0 Å². The molecule has 0 unspecified atom stereocenters. The number of hydrogen-bond acceptors (Lipinski definition) is 6. The minimum atomic E-state index is 0.552. The van der Waals surface area contributed by atoms with E-state index in [1.807, 2.05) is 6.92 Å². The summed E-state index contributed by atoms with van der Waals surface area (Å²) in [4.78, 5) is 12.0. The second-order valence-corrected chi connectivity index (χ2v) is 2.38. The van der Waals surface area contributed by atoms with Crippen molar-refractivity contribution < 1.29 is 0 Å². The molecule has 4 N–H and O–H groups in total. The Kier molecular flexibility index (Phi) is 3.90. The third kappa shape index (κ3) is 3.20. The van der Waals surface area contributed by atoms with Gasteiger partial charge in [-0.25, -0.2) is 9.97 Å². The van der Waals surface area contributed by atoms with Crippen LogP contribution in [0.25, 0.3) is 0 Å². The molecule has 1 aromatic heterocycles. The van der Waals surface area contributed by atoms with Crippen LogP contribution in [0.4, 0.5) is 11.9 Å². The second kappa shape index (κ2) is 5.26. The van der Waals surface area contributed by atoms with Gasteiger partial charge in [0.05, 0.1) is 0 Å². The molecule has 1 rings (SSSR count). The summed E-state index contributed by atoms with van der Waals surface area (Å²) in [6, 6.07) is 0. The molecule has 1 heterocycles. The molecule has 0 amide bonds. The van der Waals surface area contributed by atoms with Crippen LogP contribution in [0.1, 0.15) is 6.92 Å². The van der Waals surface area contributed by atoms with E-state index in [9.17, 15) is 0 Å². The van der Waals surface area contributed by atoms with Gasteiger partial charge in [-0.05, 0) is 6.92 Å². The molecule has 0 fully saturated rings. The van der Waals surface area contributed by atoms with Crippen LogP contribution in [0.5, 0.6) is 0 Å². The number of nitrogens with one attached hydrogen (secondary N) is 2. The Morgan fingerprint density at radius 3 is 2.62 bits per heavy atom. The molecule has 0 aliphatic heterocycles. The monoisotopic (exact) mass is 182 g/mol. The van der Waals surface area contributed by atoms with E-state index in [0.717, 1.165) is 6.54 Å². The maximum atomic E-state index is 5.32. The quantitative estimate of drug-likeness (QED) is 0.578. The SMILES string of the molecule is CCNc1ncnc(NCCN)n1. The van der Waals surface area contributed by atoms with Crippen molar-refractivity contribution in [3.05, 3.63) is 6.33 Å². The van der Waals surface area contributed by atoms with E-state index in [0.29, 0.717) is 25.0 Å². The molecule has 6 heteroatoms. The summed E-state index contributed by atoms with van der Waals surface area (Å²) in [5.74, 6) is 1.13. The van der Waals surface area contributed by atoms with Crippen LogP contribution in [0.2, 0.25) is 0 Å². The fourth-order valence-electron chi connectivity index (χ4n) is 0.809. The summed E-state index contributed by atoms with van der Waals surface area (Å²) >= 11 is 0. The maximum absolute atomic E-state index is 5.32. The van der Waals surface area contributed by atoms with E-state index in [-0.39, 0.29) is 0 Å². The lowest BCUT2D eigenvalue weighted by Gasteiger charge is -2.04. The number of nitrogens with two attached hydrogens (primary N) is 1. The molecular formula is C7H14N6. The van der Waals surface area contributed by atoms with Gasteiger partial charge in [0.15, 0.2) is 0 Å². The Morgan fingerprint density at radius 1 is 1.31 bits per heavy atom. The maximum Gasteiger partial charge on any atom is 0.227 e. The Labute approximate surface area is 77.0 Å². The van der Waals surface area contributed by atoms with Crippen molar-refractivity contribution in [2.75, 3.05) is 30.3 Å². The third-order valence-electron chi connectivity index (χ3n) is 1.33. The smallest absolute Gasteiger partial charge is 0.227 e. The topological polar surface area (TPSA) is 88.8 Å². The molecule has 0 aliphatic carbocycles. The molecule has 0 saturated carbocycles. The van der Waals surface area contributed by atoms with Crippen LogP contribution in [0.15, 0.2) is 6.33 Å². The minimum absolute atomic E-state index is 0.552. The zero-order valence-corrected chi connectivity index (χ0v) is 7.62. The van der Waals surface area contributed by atoms with Gasteiger partial charge in [-0.15, -0.1) is 0 Å². The zero-order chi connectivity index (χ0) is 9.52. The van der Waals surface area contributed by atoms with Crippen LogP contribution < -0.4 is 16.4 Å². The summed E-state index contributed by atoms with van der Waals surface area (Å²) in [5.41, 5.74) is 5.32. The van der Waals surface area contributed by atoms with Gasteiger partial charge >= 0.3 is 0 Å². The number of hydrogen-bond donors (Lipinski definition) is 3. The van der Waals surface area contributed by atoms with Crippen molar-refractivity contribution in [2.24, 2.45) is 5.73 Å². The van der Waals surface area contributed by atoms with E-state index >= 15 is 0 Å². The van der Waals surface area contributed by atoms with E-state index < -0.39 is 0 Å². The normalized spacial score (nSPS) is 9.69. The highest BCUT2D eigenvalue weighted by molar-refractivity contribution is 5.32. The average molecular weight is 182 g/mol. The lowest BCUT2D eigenvalue weighted by atomic mass is 10.6. The first-order valence-electron chi connectivity index (χ1n) is 4.23. The van der Waals surface area contributed by atoms with Crippen molar-refractivity contribution in [2.45, 2.75) is 6.92 Å². The van der Waals surface area contributed by atoms with Crippen LogP contribution >= 0.6 is 0 Å². The highest BCUT2D eigenvalue weighted by atomic mass is 15.2. The Morgan fingerprint density at radius 2 is 2.00 bits per heavy atom. The molecular weight excluding hydrogens is 168 g/mol. The molecule has 1 aromatic rings. The van der Waals surface area contributed by atoms with Crippen molar-refractivity contribution in [1.29, 1.82) is 0 Å². The molecule has 72 valence electrons. The van der Waals surface area contributed by atoms with Crippen molar-refractivity contribution in [1.82, 2.24) is 15.0 Å². The van der Waals surface area contributed by atoms with Crippen LogP contribution in [0, 0.1) is 0 Å². The molecule has 0 aliphatic rings. The highest BCUT2D eigenvalue weighted by Crippen LogP contribution is 1.99. The average Bonchev–Trinajstić information content (AvgIpc) is 2.16. The molecule has 0 bridgehead atoms. The molecule has 0 saturated heterocycles. The Hall–Kier alpha value is -1.43. The number of anilines is 2. The van der Waals surface area contributed by atoms with E-state index in [2.05, 4.69) is 25.6 Å². The summed E-state index contributed by atoms with van der Waals surface area (Å²) < 4.78 is 0. The molecule has 6 nitrogen and oxygen atoms in total. The molecule has 0 atom stereocenters. The summed E-state index contributed by atoms with van der Waals surface area (Å²) in [5, 5.41) is 5.96. The molecule has 0 spiro atoms. The van der Waals surface area contributed by atoms with Gasteiger partial charge in [0, 0.05) is 19.6 Å². The Bertz CT molecular complexity index is 250. The van der Waals surface area contributed by atoms with E-state index in [4.69, 9.17) is 5.73 Å². The Balaban J connectivity index is 2.56. The lowest BCUT2D eigenvalue weighted by Crippen LogP contribution is -2.15. The fraction of sp³-hybridized carbons (Fsp3) is 0.571. The summed E-state index contributed by atoms with van der Waals surface area (Å²) in [7, 11) is 0. The fourth-order valence-corrected chi connectivity index (χ4v) is 0.809. The zero-order valence-electron chi connectivity index (χ0n) is 7.62. The first kappa shape index (κ1) is 9.66. The predicted octanol–water partition coefficient (Wildman–Crippen LogP) is -0.326. The lowest BCUT2D eigenvalue weighted by molar-refractivity contribution is 0.961. The van der Waals surface area contributed by atoms with Gasteiger partial charge < -0.3 is 16.4 Å². The molecule has 0 radical (unpaired) electrons. The summed E-state index contributed by atoms with van der Waals surface area (Å²) in [6.45, 7) is 3.99. The van der Waals surface area contributed by atoms with Crippen molar-refractivity contribution >= 4 is 11.9 Å². The second-order valence-electron chi connectivity index (χ2n) is 2.38. The number of rotatable bonds is 5. The first-order chi connectivity index (χ1) is 6.36. The molecule has 13 heavy (non-hydrogen) atoms. The predicted molar refractivity (Wildman–Crippen MR) is 51.5 cm³/mol. The van der Waals surface area contributed by atoms with Gasteiger partial charge in [0.1, 0.15) is 6.33 Å². The van der Waals surface area contributed by atoms with Crippen molar-refractivity contribution in [3.8, 4) is 0 Å². The standard InChI is InChI=1S/C7H14N6/c1-2-9-6-11-5-12-7(13-6)10-4-3-8/h5H,2-4,8H2,1H3,(H2,9,10,11,12,13). The largest absolute Gasteiger partial charge is 0.354 e. The van der Waals surface area contributed by atoms with Gasteiger partial charge in [0.2, 0.25) is 11.9 Å². The first-order valence-corrected chi connectivity index (χ1v) is 4.23. The van der Waals surface area contributed by atoms with Crippen LogP contribution in [-0.2, 0) is 0 Å². The third-order valence-corrected chi connectivity index (χ3v) is 1.33. The van der Waals surface area contributed by atoms with Gasteiger partial charge in [0.25, 0.3) is 0 Å².